The van der Waals surface area contributed by atoms with Crippen LogP contribution in [-0.2, 0) is 9.53 Å². The Hall–Kier alpha value is -1.27. The maximum atomic E-state index is 12.2. The largest absolute Gasteiger partial charge is 0.450 e. The van der Waals surface area contributed by atoms with Crippen LogP contribution in [-0.4, -0.2) is 42.6 Å². The second-order valence-corrected chi connectivity index (χ2v) is 4.26. The van der Waals surface area contributed by atoms with E-state index in [1.54, 1.807) is 0 Å². The normalized spacial score (nSPS) is 20.0. The van der Waals surface area contributed by atoms with E-state index in [2.05, 4.69) is 0 Å². The molecule has 1 amide bonds. The van der Waals surface area contributed by atoms with Crippen LogP contribution in [0, 0.1) is 5.92 Å². The monoisotopic (exact) mass is 267 g/mol. The van der Waals surface area contributed by atoms with Gasteiger partial charge in [0.25, 0.3) is 0 Å². The molecular formula is C11H16F3NO3. The number of nitrogens with zero attached hydrogens (tertiary/aromatic N) is 1. The summed E-state index contributed by atoms with van der Waals surface area (Å²) in [4.78, 5) is 23.6. The molecule has 0 N–H and O–H groups in total. The molecule has 104 valence electrons. The van der Waals surface area contributed by atoms with Gasteiger partial charge in [0.05, 0.1) is 6.61 Å². The minimum atomic E-state index is -4.83. The smallest absolute Gasteiger partial charge is 0.449 e. The molecule has 1 aliphatic heterocycles. The van der Waals surface area contributed by atoms with Gasteiger partial charge in [-0.3, -0.25) is 4.79 Å². The fourth-order valence-electron chi connectivity index (χ4n) is 1.77. The maximum Gasteiger partial charge on any atom is 0.450 e. The topological polar surface area (TPSA) is 46.6 Å². The summed E-state index contributed by atoms with van der Waals surface area (Å²) in [7, 11) is 0. The summed E-state index contributed by atoms with van der Waals surface area (Å²) in [5.41, 5.74) is 0. The third kappa shape index (κ3) is 3.89. The Kier molecular flexibility index (Phi) is 4.98. The van der Waals surface area contributed by atoms with E-state index in [1.807, 2.05) is 6.92 Å². The van der Waals surface area contributed by atoms with Crippen molar-refractivity contribution in [2.75, 3.05) is 19.7 Å². The highest BCUT2D eigenvalue weighted by molar-refractivity contribution is 5.87. The number of halogens is 3. The van der Waals surface area contributed by atoms with Crippen molar-refractivity contribution in [3.8, 4) is 0 Å². The van der Waals surface area contributed by atoms with Gasteiger partial charge in [-0.1, -0.05) is 13.3 Å². The molecule has 7 heteroatoms. The van der Waals surface area contributed by atoms with Gasteiger partial charge in [0.2, 0.25) is 5.78 Å². The van der Waals surface area contributed by atoms with Crippen LogP contribution in [0.3, 0.4) is 0 Å². The highest BCUT2D eigenvalue weighted by Crippen LogP contribution is 2.27. The fraction of sp³-hybridized carbons (Fsp3) is 0.818. The average Bonchev–Trinajstić information content (AvgIpc) is 2.76. The van der Waals surface area contributed by atoms with E-state index in [0.29, 0.717) is 6.42 Å². The fourth-order valence-corrected chi connectivity index (χ4v) is 1.77. The molecule has 0 aromatic carbocycles. The number of rotatable bonds is 4. The number of carbonyl (C=O) groups is 2. The first-order valence-electron chi connectivity index (χ1n) is 5.89. The lowest BCUT2D eigenvalue weighted by atomic mass is 10.0. The molecule has 0 aromatic rings. The summed E-state index contributed by atoms with van der Waals surface area (Å²) < 4.78 is 41.5. The van der Waals surface area contributed by atoms with Crippen molar-refractivity contribution in [1.29, 1.82) is 0 Å². The molecule has 0 aromatic heterocycles. The van der Waals surface area contributed by atoms with Crippen molar-refractivity contribution in [3.05, 3.63) is 0 Å². The summed E-state index contributed by atoms with van der Waals surface area (Å²) in [6.07, 6.45) is -3.85. The zero-order valence-electron chi connectivity index (χ0n) is 10.1. The Morgan fingerprint density at radius 1 is 1.39 bits per heavy atom. The Balaban J connectivity index is 2.41. The first kappa shape index (κ1) is 14.8. The highest BCUT2D eigenvalue weighted by Gasteiger charge is 2.46. The number of unbranched alkanes of at least 4 members (excludes halogenated alkanes) is 1. The number of likely N-dealkylation sites (tertiary alicyclic amines) is 1. The van der Waals surface area contributed by atoms with Gasteiger partial charge in [0.15, 0.2) is 0 Å². The molecule has 1 atom stereocenters. The number of hydrogen-bond acceptors (Lipinski definition) is 3. The van der Waals surface area contributed by atoms with Crippen LogP contribution < -0.4 is 0 Å². The molecule has 1 saturated heterocycles. The third-order valence-electron chi connectivity index (χ3n) is 2.82. The molecule has 18 heavy (non-hydrogen) atoms. The number of amides is 1. The summed E-state index contributed by atoms with van der Waals surface area (Å²) in [5, 5.41) is 0. The Morgan fingerprint density at radius 2 is 2.06 bits per heavy atom. The van der Waals surface area contributed by atoms with E-state index in [4.69, 9.17) is 4.74 Å². The maximum absolute atomic E-state index is 12.2. The van der Waals surface area contributed by atoms with Crippen molar-refractivity contribution in [2.24, 2.45) is 5.92 Å². The van der Waals surface area contributed by atoms with Gasteiger partial charge < -0.3 is 9.64 Å². The predicted molar refractivity (Wildman–Crippen MR) is 57.0 cm³/mol. The summed E-state index contributed by atoms with van der Waals surface area (Å²) in [5.74, 6) is -2.91. The third-order valence-corrected chi connectivity index (χ3v) is 2.82. The van der Waals surface area contributed by atoms with Gasteiger partial charge in [-0.15, -0.1) is 0 Å². The quantitative estimate of drug-likeness (QED) is 0.735. The molecule has 0 spiro atoms. The van der Waals surface area contributed by atoms with E-state index >= 15 is 0 Å². The lowest BCUT2D eigenvalue weighted by Gasteiger charge is -2.16. The average molecular weight is 267 g/mol. The van der Waals surface area contributed by atoms with Gasteiger partial charge in [0.1, 0.15) is 0 Å². The number of hydrogen-bond donors (Lipinski definition) is 0. The minimum absolute atomic E-state index is 0.0429. The van der Waals surface area contributed by atoms with E-state index in [9.17, 15) is 22.8 Å². The summed E-state index contributed by atoms with van der Waals surface area (Å²) in [6.45, 7) is 2.12. The van der Waals surface area contributed by atoms with Gasteiger partial charge in [-0.25, -0.2) is 4.79 Å². The van der Waals surface area contributed by atoms with Crippen molar-refractivity contribution in [1.82, 2.24) is 4.90 Å². The van der Waals surface area contributed by atoms with Crippen molar-refractivity contribution < 1.29 is 27.5 Å². The number of ether oxygens (including phenoxy) is 1. The lowest BCUT2D eigenvalue weighted by Crippen LogP contribution is -2.34. The Morgan fingerprint density at radius 3 is 2.61 bits per heavy atom. The van der Waals surface area contributed by atoms with Crippen LogP contribution in [0.15, 0.2) is 0 Å². The van der Waals surface area contributed by atoms with Crippen LogP contribution in [0.25, 0.3) is 0 Å². The lowest BCUT2D eigenvalue weighted by molar-refractivity contribution is -0.175. The van der Waals surface area contributed by atoms with E-state index in [-0.39, 0.29) is 26.1 Å². The van der Waals surface area contributed by atoms with E-state index in [0.717, 1.165) is 11.3 Å². The van der Waals surface area contributed by atoms with Gasteiger partial charge >= 0.3 is 12.3 Å². The molecule has 0 saturated carbocycles. The minimum Gasteiger partial charge on any atom is -0.449 e. The number of alkyl halides is 3. The van der Waals surface area contributed by atoms with E-state index in [1.165, 1.54) is 0 Å². The first-order valence-corrected chi connectivity index (χ1v) is 5.89. The molecule has 1 heterocycles. The van der Waals surface area contributed by atoms with Gasteiger partial charge in [0, 0.05) is 19.0 Å². The van der Waals surface area contributed by atoms with Crippen LogP contribution >= 0.6 is 0 Å². The molecule has 0 bridgehead atoms. The number of ketones is 1. The van der Waals surface area contributed by atoms with Crippen molar-refractivity contribution >= 4 is 11.9 Å². The van der Waals surface area contributed by atoms with Crippen molar-refractivity contribution in [3.63, 3.8) is 0 Å². The molecule has 0 radical (unpaired) electrons. The second-order valence-electron chi connectivity index (χ2n) is 4.26. The number of carbonyl (C=O) groups excluding carboxylic acids is 2. The van der Waals surface area contributed by atoms with E-state index < -0.39 is 24.0 Å². The molecular weight excluding hydrogens is 251 g/mol. The zero-order valence-corrected chi connectivity index (χ0v) is 10.1. The highest BCUT2D eigenvalue weighted by atomic mass is 19.4. The van der Waals surface area contributed by atoms with Gasteiger partial charge in [-0.2, -0.15) is 13.2 Å². The molecule has 1 unspecified atom stereocenters. The van der Waals surface area contributed by atoms with Crippen LogP contribution in [0.2, 0.25) is 0 Å². The molecule has 4 nitrogen and oxygen atoms in total. The first-order chi connectivity index (χ1) is 8.36. The van der Waals surface area contributed by atoms with Crippen LogP contribution in [0.5, 0.6) is 0 Å². The molecule has 1 fully saturated rings. The molecule has 1 rings (SSSR count). The Bertz CT molecular complexity index is 317. The van der Waals surface area contributed by atoms with Gasteiger partial charge in [-0.05, 0) is 12.8 Å². The number of Topliss-reactive ketones (excluding diaryl/α,β-unsaturated/α-hetero) is 1. The summed E-state index contributed by atoms with van der Waals surface area (Å²) in [6, 6.07) is 0. The SMILES string of the molecule is CCCCOC(=O)N1CCC(C(=O)C(F)(F)F)C1. The van der Waals surface area contributed by atoms with Crippen molar-refractivity contribution in [2.45, 2.75) is 32.4 Å². The second kappa shape index (κ2) is 6.06. The summed E-state index contributed by atoms with van der Waals surface area (Å²) >= 11 is 0. The standard InChI is InChI=1S/C11H16F3NO3/c1-2-3-6-18-10(17)15-5-4-8(7-15)9(16)11(12,13)14/h8H,2-7H2,1H3. The van der Waals surface area contributed by atoms with Crippen LogP contribution in [0.1, 0.15) is 26.2 Å². The van der Waals surface area contributed by atoms with Crippen LogP contribution in [0.4, 0.5) is 18.0 Å². The molecule has 1 aliphatic rings. The molecule has 0 aliphatic carbocycles. The Labute approximate surface area is 103 Å². The predicted octanol–water partition coefficient (Wildman–Crippen LogP) is 2.38. The zero-order chi connectivity index (χ0) is 13.8.